The first-order chi connectivity index (χ1) is 38.3. The maximum atomic E-state index is 14.7. The average molecular weight is 1160 g/mol. The lowest BCUT2D eigenvalue weighted by Gasteiger charge is -2.30. The SMILES string of the molecule is N=C(N)NC(NC(=O)C(NC(=N)N)NC(=O)C(NC(=N)N)NC(=O)C(NC(=N)N)NC(=O)C(NC(=O)C(O)N(Cc1ccc(NOO)cc1[N+](=O)[O-])c1nc(-c2ccc(Cl)cc2)cc(-c2ccc(Cl)cc2)n1)c1ccccc1)C(N)=O. The number of nitrogens with two attached hydrogens (primary N) is 5. The minimum Gasteiger partial charge on any atom is -0.370 e. The number of primary amides is 1. The lowest BCUT2D eigenvalue weighted by atomic mass is 10.1. The number of hydrogen-bond acceptors (Lipinski definition) is 19. The van der Waals surface area contributed by atoms with Gasteiger partial charge < -0.3 is 86.5 Å². The van der Waals surface area contributed by atoms with Crippen LogP contribution in [0.25, 0.3) is 22.5 Å². The van der Waals surface area contributed by atoms with Crippen LogP contribution in [0.4, 0.5) is 17.3 Å². The fourth-order valence-electron chi connectivity index (χ4n) is 7.04. The molecule has 0 spiro atoms. The second-order valence-electron chi connectivity index (χ2n) is 16.5. The van der Waals surface area contributed by atoms with Crippen LogP contribution in [0.5, 0.6) is 0 Å². The number of rotatable bonds is 25. The number of aromatic nitrogens is 2. The van der Waals surface area contributed by atoms with Gasteiger partial charge in [-0.1, -0.05) is 77.8 Å². The number of benzene rings is 4. The van der Waals surface area contributed by atoms with Crippen molar-refractivity contribution in [2.24, 2.45) is 28.7 Å². The van der Waals surface area contributed by atoms with E-state index >= 15 is 0 Å². The molecule has 0 radical (unpaired) electrons. The van der Waals surface area contributed by atoms with Crippen LogP contribution in [0, 0.1) is 31.8 Å². The number of halogens is 2. The molecule has 6 amide bonds. The molecule has 0 saturated carbocycles. The number of nitro benzene ring substituents is 1. The Hall–Kier alpha value is -10.7. The van der Waals surface area contributed by atoms with Crippen molar-refractivity contribution in [2.75, 3.05) is 10.4 Å². The Labute approximate surface area is 466 Å². The smallest absolute Gasteiger partial charge is 0.276 e. The van der Waals surface area contributed by atoms with E-state index < -0.39 is 119 Å². The predicted octanol–water partition coefficient (Wildman–Crippen LogP) is -2.79. The summed E-state index contributed by atoms with van der Waals surface area (Å²) in [6, 6.07) is 23.0. The molecule has 5 rings (SSSR count). The zero-order valence-electron chi connectivity index (χ0n) is 41.5. The van der Waals surface area contributed by atoms with Crippen LogP contribution < -0.4 is 86.9 Å². The molecule has 36 heteroatoms. The summed E-state index contributed by atoms with van der Waals surface area (Å²) in [5, 5.41) is 84.2. The van der Waals surface area contributed by atoms with Gasteiger partial charge in [-0.15, -0.1) is 4.99 Å². The fourth-order valence-corrected chi connectivity index (χ4v) is 7.29. The summed E-state index contributed by atoms with van der Waals surface area (Å²) in [5.41, 5.74) is 29.5. The highest BCUT2D eigenvalue weighted by atomic mass is 35.5. The monoisotopic (exact) mass is 1160 g/mol. The number of nitro groups is 1. The van der Waals surface area contributed by atoms with E-state index in [1.165, 1.54) is 36.4 Å². The van der Waals surface area contributed by atoms with Crippen LogP contribution in [0.1, 0.15) is 17.2 Å². The quantitative estimate of drug-likeness (QED) is 0.00701. The van der Waals surface area contributed by atoms with E-state index in [0.717, 1.165) is 11.0 Å². The highest BCUT2D eigenvalue weighted by Crippen LogP contribution is 2.32. The molecule has 0 bridgehead atoms. The number of carbonyl (C=O) groups is 6. The third-order valence-electron chi connectivity index (χ3n) is 10.7. The van der Waals surface area contributed by atoms with Crippen LogP contribution in [0.2, 0.25) is 10.0 Å². The van der Waals surface area contributed by atoms with Crippen LogP contribution in [0.15, 0.2) is 103 Å². The van der Waals surface area contributed by atoms with Crippen molar-refractivity contribution in [2.45, 2.75) is 43.5 Å². The number of carbonyl (C=O) groups excluding carboxylic acids is 6. The van der Waals surface area contributed by atoms with E-state index in [1.807, 2.05) is 16.0 Å². The molecule has 6 unspecified atom stereocenters. The molecule has 4 aromatic carbocycles. The first-order valence-electron chi connectivity index (χ1n) is 22.8. The van der Waals surface area contributed by atoms with Gasteiger partial charge in [-0.25, -0.2) is 20.7 Å². The van der Waals surface area contributed by atoms with E-state index in [9.17, 15) is 44.0 Å². The second kappa shape index (κ2) is 28.1. The number of amides is 6. The molecule has 81 heavy (non-hydrogen) atoms. The van der Waals surface area contributed by atoms with Gasteiger partial charge in [-0.3, -0.25) is 60.5 Å². The Kier molecular flexibility index (Phi) is 21.2. The van der Waals surface area contributed by atoms with E-state index in [2.05, 4.69) is 52.3 Å². The predicted molar refractivity (Wildman–Crippen MR) is 290 cm³/mol. The summed E-state index contributed by atoms with van der Waals surface area (Å²) < 4.78 is 0. The highest BCUT2D eigenvalue weighted by molar-refractivity contribution is 6.31. The van der Waals surface area contributed by atoms with Gasteiger partial charge in [0.2, 0.25) is 18.1 Å². The number of hydrogen-bond donors (Lipinski definition) is 21. The molecule has 1 aromatic heterocycles. The molecule has 26 N–H and O–H groups in total. The standard InChI is InChI=1S/C45H51Cl2N23O11/c46-23-11-6-19(7-12-23)26-17-27(20-8-13-24(47)14-9-20)58-45(57-26)69(18-22-10-15-25(68-81-80)16-28(22)70(78)79)40(77)39(76)59-29(21-4-2-1-3-5-21)35(72)61-32(65-42(51)52)37(74)63-34(67-44(55)56)38(75)62-33(66-43(53)54)36(73)60-31(30(48)71)64-41(49)50/h1-17,29,31-34,40,68,77,80H,18H2,(H2,48,71)(H,59,76)(H,60,73)(H,61,72)(H,62,75)(H,63,74)(H4,49,50,64)(H4,51,52,65)(H4,53,54,66)(H4,55,56,67). The average Bonchev–Trinajstić information content (AvgIpc) is 3.40. The van der Waals surface area contributed by atoms with Crippen molar-refractivity contribution in [3.63, 3.8) is 0 Å². The van der Waals surface area contributed by atoms with Gasteiger partial charge >= 0.3 is 0 Å². The minimum absolute atomic E-state index is 0.00482. The Morgan fingerprint density at radius 1 is 0.593 bits per heavy atom. The van der Waals surface area contributed by atoms with Gasteiger partial charge in [0.05, 0.1) is 28.5 Å². The molecular formula is C45H51Cl2N23O11. The van der Waals surface area contributed by atoms with Gasteiger partial charge in [0.25, 0.3) is 35.2 Å². The van der Waals surface area contributed by atoms with Crippen molar-refractivity contribution in [1.29, 1.82) is 21.6 Å². The van der Waals surface area contributed by atoms with Crippen molar-refractivity contribution in [1.82, 2.24) is 57.8 Å². The zero-order valence-corrected chi connectivity index (χ0v) is 43.0. The Morgan fingerprint density at radius 2 is 1.02 bits per heavy atom. The van der Waals surface area contributed by atoms with E-state index in [4.69, 9.17) is 78.8 Å². The largest absolute Gasteiger partial charge is 0.370 e. The van der Waals surface area contributed by atoms with Crippen LogP contribution in [0.3, 0.4) is 0 Å². The number of aliphatic hydroxyl groups is 1. The second-order valence-corrected chi connectivity index (χ2v) is 17.4. The zero-order chi connectivity index (χ0) is 59.7. The third-order valence-corrected chi connectivity index (χ3v) is 11.2. The molecule has 0 aliphatic carbocycles. The topological polar surface area (TPSA) is 570 Å². The summed E-state index contributed by atoms with van der Waals surface area (Å²) in [5.74, 6) is -12.2. The van der Waals surface area contributed by atoms with Gasteiger partial charge in [0.1, 0.15) is 6.04 Å². The van der Waals surface area contributed by atoms with Gasteiger partial charge in [-0.2, -0.15) is 0 Å². The lowest BCUT2D eigenvalue weighted by Crippen LogP contribution is -2.68. The maximum absolute atomic E-state index is 14.7. The molecule has 0 saturated heterocycles. The van der Waals surface area contributed by atoms with Crippen molar-refractivity contribution < 1.29 is 49.0 Å². The normalized spacial score (nSPS) is 12.8. The number of anilines is 2. The molecule has 426 valence electrons. The summed E-state index contributed by atoms with van der Waals surface area (Å²) >= 11 is 12.4. The minimum atomic E-state index is -2.46. The summed E-state index contributed by atoms with van der Waals surface area (Å²) in [7, 11) is 0. The van der Waals surface area contributed by atoms with Gasteiger partial charge in [0.15, 0.2) is 48.5 Å². The molecule has 0 aliphatic rings. The molecule has 0 fully saturated rings. The molecular weight excluding hydrogens is 1110 g/mol. The number of nitrogens with one attached hydrogen (secondary N) is 14. The maximum Gasteiger partial charge on any atom is 0.276 e. The summed E-state index contributed by atoms with van der Waals surface area (Å²) in [6.07, 6.45) is -10.7. The van der Waals surface area contributed by atoms with E-state index in [0.29, 0.717) is 21.2 Å². The van der Waals surface area contributed by atoms with Gasteiger partial charge in [0, 0.05) is 32.8 Å². The highest BCUT2D eigenvalue weighted by Gasteiger charge is 2.36. The van der Waals surface area contributed by atoms with Crippen LogP contribution in [-0.4, -0.2) is 115 Å². The van der Waals surface area contributed by atoms with Crippen molar-refractivity contribution in [3.05, 3.63) is 134 Å². The van der Waals surface area contributed by atoms with E-state index in [1.54, 1.807) is 60.7 Å². The number of guanidine groups is 4. The number of aliphatic hydroxyl groups excluding tert-OH is 1. The first-order valence-corrected chi connectivity index (χ1v) is 23.6. The lowest BCUT2D eigenvalue weighted by molar-refractivity contribution is -0.385. The molecule has 34 nitrogen and oxygen atoms in total. The Balaban J connectivity index is 1.53. The summed E-state index contributed by atoms with van der Waals surface area (Å²) in [4.78, 5) is 108. The fraction of sp³-hybridized carbons (Fsp3) is 0.156. The van der Waals surface area contributed by atoms with Crippen molar-refractivity contribution >= 4 is 99.8 Å². The van der Waals surface area contributed by atoms with Gasteiger partial charge in [-0.05, 0) is 48.0 Å². The molecule has 1 heterocycles. The molecule has 0 aliphatic heterocycles. The Morgan fingerprint density at radius 3 is 1.44 bits per heavy atom. The van der Waals surface area contributed by atoms with E-state index in [-0.39, 0.29) is 28.2 Å². The number of nitrogens with zero attached hydrogens (tertiary/aromatic N) is 4. The third kappa shape index (κ3) is 17.7. The Bertz CT molecular complexity index is 3140. The summed E-state index contributed by atoms with van der Waals surface area (Å²) in [6.45, 7) is -0.716. The van der Waals surface area contributed by atoms with Crippen LogP contribution >= 0.6 is 23.2 Å². The first kappa shape index (κ1) is 61.2. The molecule has 5 aromatic rings. The van der Waals surface area contributed by atoms with Crippen molar-refractivity contribution in [3.8, 4) is 22.5 Å². The van der Waals surface area contributed by atoms with Crippen LogP contribution in [-0.2, 0) is 40.3 Å². The molecule has 6 atom stereocenters.